The van der Waals surface area contributed by atoms with Crippen molar-refractivity contribution in [3.63, 3.8) is 0 Å². The van der Waals surface area contributed by atoms with Gasteiger partial charge in [-0.1, -0.05) is 238 Å². The van der Waals surface area contributed by atoms with Crippen molar-refractivity contribution >= 4 is 17.9 Å². The molecular weight excluding hydrogens is 769 g/mol. The van der Waals surface area contributed by atoms with Crippen molar-refractivity contribution in [3.8, 4) is 0 Å². The molecule has 0 amide bonds. The van der Waals surface area contributed by atoms with Gasteiger partial charge in [-0.3, -0.25) is 14.4 Å². The third kappa shape index (κ3) is 48.9. The third-order valence-electron chi connectivity index (χ3n) is 12.2. The highest BCUT2D eigenvalue weighted by molar-refractivity contribution is 5.71. The molecule has 1 atom stereocenters. The molecule has 0 rings (SSSR count). The van der Waals surface area contributed by atoms with Crippen molar-refractivity contribution < 1.29 is 28.6 Å². The highest BCUT2D eigenvalue weighted by atomic mass is 16.6. The molecule has 0 saturated heterocycles. The van der Waals surface area contributed by atoms with Gasteiger partial charge in [0.25, 0.3) is 0 Å². The molecular formula is C56H104O6. The van der Waals surface area contributed by atoms with Crippen LogP contribution in [0.5, 0.6) is 0 Å². The van der Waals surface area contributed by atoms with Gasteiger partial charge in [-0.05, 0) is 64.2 Å². The second-order valence-corrected chi connectivity index (χ2v) is 18.5. The van der Waals surface area contributed by atoms with Gasteiger partial charge in [0.2, 0.25) is 0 Å². The van der Waals surface area contributed by atoms with Crippen molar-refractivity contribution in [3.05, 3.63) is 24.3 Å². The van der Waals surface area contributed by atoms with E-state index in [1.54, 1.807) is 0 Å². The third-order valence-corrected chi connectivity index (χ3v) is 12.2. The average Bonchev–Trinajstić information content (AvgIpc) is 3.27. The zero-order valence-corrected chi connectivity index (χ0v) is 41.7. The molecule has 0 radical (unpaired) electrons. The molecule has 364 valence electrons. The standard InChI is InChI=1S/C56H104O6/c1-4-7-10-13-16-19-22-24-26-28-29-31-32-34-37-40-43-46-49-55(58)61-52-53(51-60-54(57)48-45-42-39-36-21-18-15-12-9-6-3)62-56(59)50-47-44-41-38-35-33-30-27-25-23-20-17-14-11-8-5-2/h15,18,29,31,53H,4-14,16-17,19-28,30,32-52H2,1-3H3/b18-15-,31-29-. The Balaban J connectivity index is 4.30. The number of allylic oxidation sites excluding steroid dienone is 4. The van der Waals surface area contributed by atoms with Crippen LogP contribution in [-0.4, -0.2) is 37.2 Å². The molecule has 0 aromatic rings. The number of esters is 3. The summed E-state index contributed by atoms with van der Waals surface area (Å²) in [5.74, 6) is -0.881. The van der Waals surface area contributed by atoms with Crippen molar-refractivity contribution in [2.75, 3.05) is 13.2 Å². The summed E-state index contributed by atoms with van der Waals surface area (Å²) in [5.41, 5.74) is 0. The minimum absolute atomic E-state index is 0.0754. The van der Waals surface area contributed by atoms with E-state index in [4.69, 9.17) is 14.2 Å². The molecule has 0 aliphatic carbocycles. The molecule has 0 spiro atoms. The molecule has 0 aliphatic rings. The van der Waals surface area contributed by atoms with Gasteiger partial charge >= 0.3 is 17.9 Å². The number of unbranched alkanes of at least 4 members (excludes halogenated alkanes) is 35. The monoisotopic (exact) mass is 873 g/mol. The largest absolute Gasteiger partial charge is 0.462 e. The molecule has 0 aromatic carbocycles. The first-order valence-electron chi connectivity index (χ1n) is 27.3. The van der Waals surface area contributed by atoms with Crippen LogP contribution in [-0.2, 0) is 28.6 Å². The number of rotatable bonds is 50. The Morgan fingerprint density at radius 3 is 0.855 bits per heavy atom. The Morgan fingerprint density at radius 2 is 0.548 bits per heavy atom. The fourth-order valence-corrected chi connectivity index (χ4v) is 8.01. The van der Waals surface area contributed by atoms with Crippen molar-refractivity contribution in [1.29, 1.82) is 0 Å². The predicted molar refractivity (Wildman–Crippen MR) is 266 cm³/mol. The van der Waals surface area contributed by atoms with Crippen LogP contribution in [0.25, 0.3) is 0 Å². The zero-order valence-electron chi connectivity index (χ0n) is 41.7. The number of carbonyl (C=O) groups is 3. The fourth-order valence-electron chi connectivity index (χ4n) is 8.01. The Kier molecular flexibility index (Phi) is 49.8. The predicted octanol–water partition coefficient (Wildman–Crippen LogP) is 17.9. The normalized spacial score (nSPS) is 12.1. The van der Waals surface area contributed by atoms with E-state index in [1.807, 2.05) is 0 Å². The maximum absolute atomic E-state index is 12.8. The highest BCUT2D eigenvalue weighted by Gasteiger charge is 2.19. The summed E-state index contributed by atoms with van der Waals surface area (Å²) in [6.45, 7) is 6.62. The summed E-state index contributed by atoms with van der Waals surface area (Å²) in [4.78, 5) is 38.0. The minimum Gasteiger partial charge on any atom is -0.462 e. The number of carbonyl (C=O) groups excluding carboxylic acids is 3. The molecule has 62 heavy (non-hydrogen) atoms. The molecule has 1 unspecified atom stereocenters. The summed E-state index contributed by atoms with van der Waals surface area (Å²) in [7, 11) is 0. The summed E-state index contributed by atoms with van der Waals surface area (Å²) in [6, 6.07) is 0. The van der Waals surface area contributed by atoms with E-state index in [0.29, 0.717) is 19.3 Å². The highest BCUT2D eigenvalue weighted by Crippen LogP contribution is 2.16. The van der Waals surface area contributed by atoms with Gasteiger partial charge in [0, 0.05) is 19.3 Å². The van der Waals surface area contributed by atoms with E-state index in [0.717, 1.165) is 83.5 Å². The molecule has 0 fully saturated rings. The van der Waals surface area contributed by atoms with Crippen LogP contribution >= 0.6 is 0 Å². The van der Waals surface area contributed by atoms with Crippen molar-refractivity contribution in [2.45, 2.75) is 303 Å². The van der Waals surface area contributed by atoms with Crippen LogP contribution in [0, 0.1) is 0 Å². The van der Waals surface area contributed by atoms with Gasteiger partial charge in [0.05, 0.1) is 0 Å². The van der Waals surface area contributed by atoms with Crippen LogP contribution in [0.15, 0.2) is 24.3 Å². The van der Waals surface area contributed by atoms with Gasteiger partial charge in [-0.25, -0.2) is 0 Å². The Morgan fingerprint density at radius 1 is 0.306 bits per heavy atom. The number of hydrogen-bond donors (Lipinski definition) is 0. The second kappa shape index (κ2) is 51.5. The molecule has 0 aromatic heterocycles. The smallest absolute Gasteiger partial charge is 0.306 e. The van der Waals surface area contributed by atoms with Gasteiger partial charge in [-0.15, -0.1) is 0 Å². The molecule has 0 aliphatic heterocycles. The van der Waals surface area contributed by atoms with Crippen LogP contribution in [0.3, 0.4) is 0 Å². The molecule has 0 saturated carbocycles. The Hall–Kier alpha value is -2.11. The van der Waals surface area contributed by atoms with E-state index < -0.39 is 6.10 Å². The summed E-state index contributed by atoms with van der Waals surface area (Å²) < 4.78 is 16.8. The van der Waals surface area contributed by atoms with Gasteiger partial charge < -0.3 is 14.2 Å². The first-order chi connectivity index (χ1) is 30.5. The van der Waals surface area contributed by atoms with Gasteiger partial charge in [0.15, 0.2) is 6.10 Å². The lowest BCUT2D eigenvalue weighted by Crippen LogP contribution is -2.30. The topological polar surface area (TPSA) is 78.9 Å². The summed E-state index contributed by atoms with van der Waals surface area (Å²) in [5, 5.41) is 0. The van der Waals surface area contributed by atoms with E-state index in [1.165, 1.54) is 173 Å². The van der Waals surface area contributed by atoms with Crippen LogP contribution in [0.1, 0.15) is 297 Å². The quantitative estimate of drug-likeness (QED) is 0.0262. The number of ether oxygens (including phenoxy) is 3. The first kappa shape index (κ1) is 59.9. The maximum Gasteiger partial charge on any atom is 0.306 e. The molecule has 0 N–H and O–H groups in total. The molecule has 0 heterocycles. The first-order valence-corrected chi connectivity index (χ1v) is 27.3. The fraction of sp³-hybridized carbons (Fsp3) is 0.875. The Bertz CT molecular complexity index is 1000. The molecule has 6 heteroatoms. The maximum atomic E-state index is 12.8. The van der Waals surface area contributed by atoms with Gasteiger partial charge in [-0.2, -0.15) is 0 Å². The van der Waals surface area contributed by atoms with Crippen molar-refractivity contribution in [2.24, 2.45) is 0 Å². The SMILES string of the molecule is CCCC/C=C\CCCCCCC(=O)OCC(COC(=O)CCCCCCC/C=C\CCCCCCCCCCC)OC(=O)CCCCCCCCCCCCCCCCCC. The average molecular weight is 873 g/mol. The Labute approximate surface area is 385 Å². The summed E-state index contributed by atoms with van der Waals surface area (Å²) in [6.07, 6.45) is 58.8. The van der Waals surface area contributed by atoms with E-state index in [9.17, 15) is 14.4 Å². The lowest BCUT2D eigenvalue weighted by Gasteiger charge is -2.18. The number of hydrogen-bond acceptors (Lipinski definition) is 6. The molecule has 6 nitrogen and oxygen atoms in total. The van der Waals surface area contributed by atoms with E-state index >= 15 is 0 Å². The second-order valence-electron chi connectivity index (χ2n) is 18.5. The van der Waals surface area contributed by atoms with Gasteiger partial charge in [0.1, 0.15) is 13.2 Å². The van der Waals surface area contributed by atoms with E-state index in [2.05, 4.69) is 45.1 Å². The van der Waals surface area contributed by atoms with Crippen LogP contribution in [0.2, 0.25) is 0 Å². The minimum atomic E-state index is -0.774. The van der Waals surface area contributed by atoms with Crippen molar-refractivity contribution in [1.82, 2.24) is 0 Å². The van der Waals surface area contributed by atoms with E-state index in [-0.39, 0.29) is 31.1 Å². The van der Waals surface area contributed by atoms with Crippen LogP contribution in [0.4, 0.5) is 0 Å². The van der Waals surface area contributed by atoms with Crippen LogP contribution < -0.4 is 0 Å². The lowest BCUT2D eigenvalue weighted by molar-refractivity contribution is -0.167. The zero-order chi connectivity index (χ0) is 45.1. The lowest BCUT2D eigenvalue weighted by atomic mass is 10.0. The molecule has 0 bridgehead atoms. The summed E-state index contributed by atoms with van der Waals surface area (Å²) >= 11 is 0.